The van der Waals surface area contributed by atoms with Crippen molar-refractivity contribution in [2.75, 3.05) is 26.7 Å². The third-order valence-corrected chi connectivity index (χ3v) is 10.6. The molecule has 5 aliphatic rings. The van der Waals surface area contributed by atoms with E-state index in [2.05, 4.69) is 83.5 Å². The number of quaternary nitrogens is 1. The van der Waals surface area contributed by atoms with E-state index < -0.39 is 0 Å². The first-order valence-corrected chi connectivity index (χ1v) is 15.3. The predicted molar refractivity (Wildman–Crippen MR) is 155 cm³/mol. The minimum Gasteiger partial charge on any atom is -0.580 e. The second-order valence-corrected chi connectivity index (χ2v) is 13.3. The molecule has 3 N–H and O–H groups in total. The highest BCUT2D eigenvalue weighted by Crippen LogP contribution is 2.59. The lowest BCUT2D eigenvalue weighted by molar-refractivity contribution is -0.827. The summed E-state index contributed by atoms with van der Waals surface area (Å²) in [5.74, 6) is 1.82. The van der Waals surface area contributed by atoms with Crippen molar-refractivity contribution < 1.29 is 14.4 Å². The quantitative estimate of drug-likeness (QED) is 0.492. The number of thioether (sulfide) groups is 1. The second-order valence-electron chi connectivity index (χ2n) is 11.3. The van der Waals surface area contributed by atoms with Crippen LogP contribution < -0.4 is 10.2 Å². The molecule has 196 valence electrons. The number of likely N-dealkylation sites (N-methyl/N-ethyl adjacent to an activating group) is 1. The Balaban J connectivity index is 1.04. The molecule has 3 aliphatic heterocycles. The Morgan fingerprint density at radius 2 is 2.05 bits per heavy atom. The molecule has 4 atom stereocenters. The number of hydrogen-bond acceptors (Lipinski definition) is 4. The van der Waals surface area contributed by atoms with E-state index in [-0.39, 0.29) is 5.91 Å². The van der Waals surface area contributed by atoms with Crippen molar-refractivity contribution in [3.63, 3.8) is 0 Å². The van der Waals surface area contributed by atoms with E-state index in [0.717, 1.165) is 71.9 Å². The summed E-state index contributed by atoms with van der Waals surface area (Å²) in [7, 11) is 2.08. The average Bonchev–Trinajstić information content (AvgIpc) is 3.64. The van der Waals surface area contributed by atoms with Crippen molar-refractivity contribution in [2.24, 2.45) is 5.92 Å². The van der Waals surface area contributed by atoms with E-state index in [1.165, 1.54) is 27.2 Å². The van der Waals surface area contributed by atoms with Gasteiger partial charge in [0.05, 0.1) is 13.1 Å². The number of benzene rings is 1. The number of amides is 1. The van der Waals surface area contributed by atoms with Crippen molar-refractivity contribution in [1.82, 2.24) is 10.2 Å². The van der Waals surface area contributed by atoms with E-state index in [0.29, 0.717) is 24.1 Å². The summed E-state index contributed by atoms with van der Waals surface area (Å²) < 4.78 is 6.08. The lowest BCUT2D eigenvalue weighted by Crippen LogP contribution is -3.16. The number of nitrogens with one attached hydrogen (secondary N) is 2. The van der Waals surface area contributed by atoms with E-state index in [1.54, 1.807) is 11.8 Å². The molecule has 1 aromatic carbocycles. The normalized spacial score (nSPS) is 28.6. The number of halogens is 1. The molecule has 0 spiro atoms. The molecule has 3 unspecified atom stereocenters. The summed E-state index contributed by atoms with van der Waals surface area (Å²) >= 11 is 5.47. The van der Waals surface area contributed by atoms with Crippen LogP contribution in [-0.2, 0) is 11.3 Å². The van der Waals surface area contributed by atoms with Crippen LogP contribution in [0.1, 0.15) is 45.1 Å². The Labute approximate surface area is 233 Å². The Morgan fingerprint density at radius 3 is 2.81 bits per heavy atom. The molecule has 2 fully saturated rings. The van der Waals surface area contributed by atoms with Gasteiger partial charge >= 0.3 is 5.91 Å². The molecular formula is C30H38BrN3O2S+2. The number of aliphatic hydroxyl groups is 1. The van der Waals surface area contributed by atoms with Crippen LogP contribution >= 0.6 is 27.7 Å². The van der Waals surface area contributed by atoms with Gasteiger partial charge in [0.1, 0.15) is 9.38 Å². The highest BCUT2D eigenvalue weighted by Gasteiger charge is 2.46. The summed E-state index contributed by atoms with van der Waals surface area (Å²) in [6.07, 6.45) is 11.3. The molecule has 1 amide bonds. The van der Waals surface area contributed by atoms with E-state index >= 15 is 0 Å². The maximum Gasteiger partial charge on any atom is 0.351 e. The lowest BCUT2D eigenvalue weighted by atomic mass is 9.96. The molecule has 7 heteroatoms. The van der Waals surface area contributed by atoms with Crippen molar-refractivity contribution in [1.29, 1.82) is 0 Å². The van der Waals surface area contributed by atoms with Gasteiger partial charge in [-0.2, -0.15) is 0 Å². The third-order valence-electron chi connectivity index (χ3n) is 8.78. The van der Waals surface area contributed by atoms with E-state index in [9.17, 15) is 4.79 Å². The number of carbonyl (C=O) groups is 1. The summed E-state index contributed by atoms with van der Waals surface area (Å²) in [4.78, 5) is 19.4. The van der Waals surface area contributed by atoms with Gasteiger partial charge in [0.15, 0.2) is 6.10 Å². The van der Waals surface area contributed by atoms with E-state index in [4.69, 9.17) is 4.74 Å². The van der Waals surface area contributed by atoms with Gasteiger partial charge in [0.2, 0.25) is 0 Å². The Morgan fingerprint density at radius 1 is 1.24 bits per heavy atom. The van der Waals surface area contributed by atoms with Gasteiger partial charge in [-0.05, 0) is 70.3 Å². The largest absolute Gasteiger partial charge is 0.580 e. The molecule has 0 aromatic heterocycles. The van der Waals surface area contributed by atoms with Gasteiger partial charge in [0.25, 0.3) is 5.75 Å². The van der Waals surface area contributed by atoms with Crippen molar-refractivity contribution in [2.45, 2.75) is 64.3 Å². The zero-order valence-corrected chi connectivity index (χ0v) is 24.4. The second kappa shape index (κ2) is 10.5. The van der Waals surface area contributed by atoms with Crippen LogP contribution in [0.3, 0.4) is 0 Å². The minimum atomic E-state index is 0.260. The zero-order valence-electron chi connectivity index (χ0n) is 22.0. The first-order chi connectivity index (χ1) is 17.9. The zero-order chi connectivity index (χ0) is 25.7. The summed E-state index contributed by atoms with van der Waals surface area (Å²) in [6.45, 7) is 8.58. The fourth-order valence-corrected chi connectivity index (χ4v) is 8.12. The van der Waals surface area contributed by atoms with Gasteiger partial charge in [-0.25, -0.2) is 4.79 Å². The van der Waals surface area contributed by atoms with Crippen molar-refractivity contribution >= 4 is 33.6 Å². The first kappa shape index (κ1) is 25.6. The molecule has 2 aliphatic carbocycles. The number of carbonyl (C=O) groups excluding carboxylic acids is 1. The number of rotatable bonds is 6. The smallest absolute Gasteiger partial charge is 0.351 e. The van der Waals surface area contributed by atoms with Gasteiger partial charge in [-0.3, -0.25) is 9.80 Å². The SMILES string of the molecule is CC1=CC=C2SC(C(=O)[NH+](C)C3CCN(Cc4ccc([OH+]C5CCNCC5)c(Br)c4)[C@H](C)C3)=CC3=C1C23. The van der Waals surface area contributed by atoms with Crippen LogP contribution in [0.2, 0.25) is 0 Å². The lowest BCUT2D eigenvalue weighted by Gasteiger charge is -2.38. The van der Waals surface area contributed by atoms with Gasteiger partial charge in [-0.15, -0.1) is 0 Å². The molecule has 0 saturated carbocycles. The molecule has 2 saturated heterocycles. The third kappa shape index (κ3) is 5.18. The van der Waals surface area contributed by atoms with Crippen molar-refractivity contribution in [3.8, 4) is 5.75 Å². The molecule has 37 heavy (non-hydrogen) atoms. The topological polar surface area (TPSA) is 49.6 Å². The van der Waals surface area contributed by atoms with Crippen LogP contribution in [0.25, 0.3) is 0 Å². The molecule has 0 bridgehead atoms. The van der Waals surface area contributed by atoms with Crippen LogP contribution in [0.15, 0.2) is 67.4 Å². The number of piperidine rings is 2. The number of likely N-dealkylation sites (tertiary alicyclic amines) is 1. The fourth-order valence-electron chi connectivity index (χ4n) is 6.40. The van der Waals surface area contributed by atoms with Gasteiger partial charge < -0.3 is 10.1 Å². The van der Waals surface area contributed by atoms with Gasteiger partial charge in [0, 0.05) is 74.8 Å². The average molecular weight is 585 g/mol. The summed E-state index contributed by atoms with van der Waals surface area (Å²) in [6, 6.07) is 7.46. The maximum atomic E-state index is 13.5. The Bertz CT molecular complexity index is 1230. The van der Waals surface area contributed by atoms with Crippen LogP contribution in [0.5, 0.6) is 5.75 Å². The number of allylic oxidation sites excluding steroid dienone is 7. The molecule has 3 heterocycles. The summed E-state index contributed by atoms with van der Waals surface area (Å²) in [5, 5.41) is 3.41. The maximum absolute atomic E-state index is 13.5. The highest BCUT2D eigenvalue weighted by atomic mass is 79.9. The molecule has 5 nitrogen and oxygen atoms in total. The Kier molecular flexibility index (Phi) is 7.27. The molecular weight excluding hydrogens is 546 g/mol. The molecule has 6 rings (SSSR count). The number of ether oxygens (including phenoxy) is 1. The number of aromatic hydroxyl groups is 1. The van der Waals surface area contributed by atoms with Crippen LogP contribution in [-0.4, -0.2) is 60.4 Å². The van der Waals surface area contributed by atoms with Crippen molar-refractivity contribution in [3.05, 3.63) is 73.0 Å². The molecule has 0 radical (unpaired) electrons. The number of hydrogen-bond donors (Lipinski definition) is 2. The predicted octanol–water partition coefficient (Wildman–Crippen LogP) is 4.24. The first-order valence-electron chi connectivity index (χ1n) is 13.7. The highest BCUT2D eigenvalue weighted by molar-refractivity contribution is 9.10. The monoisotopic (exact) mass is 583 g/mol. The van der Waals surface area contributed by atoms with Crippen LogP contribution in [0, 0.1) is 5.92 Å². The Hall–Kier alpha value is -1.64. The number of nitrogens with zero attached hydrogens (tertiary/aromatic N) is 1. The fraction of sp³-hybridized carbons (Fsp3) is 0.500. The molecule has 1 aromatic rings. The minimum absolute atomic E-state index is 0.260. The van der Waals surface area contributed by atoms with Crippen LogP contribution in [0.4, 0.5) is 0 Å². The standard InChI is InChI=1S/C30H36BrN3O2S/c1-18-4-7-26-29-23(28(18)29)16-27(37-26)30(35)33(3)21-10-13-34(19(2)14-21)17-20-5-6-25(24(31)15-20)36-22-8-11-32-12-9-22/h4-7,15-16,19,21-22,29,32H,8-14,17H2,1-3H3/p+2/t19-,21?,29?/m1/s1. The summed E-state index contributed by atoms with van der Waals surface area (Å²) in [5.41, 5.74) is 5.50. The van der Waals surface area contributed by atoms with Gasteiger partial charge in [-0.1, -0.05) is 23.9 Å². The van der Waals surface area contributed by atoms with E-state index in [1.807, 2.05) is 0 Å².